The summed E-state index contributed by atoms with van der Waals surface area (Å²) in [5.74, 6) is 3.26. The van der Waals surface area contributed by atoms with Gasteiger partial charge >= 0.3 is 0 Å². The molecule has 242 valence electrons. The molecular weight excluding hydrogens is 589 g/mol. The summed E-state index contributed by atoms with van der Waals surface area (Å²) in [6.07, 6.45) is 1.87. The number of benzene rings is 4. The Labute approximate surface area is 283 Å². The topological polar surface area (TPSA) is 44.9 Å². The largest absolute Gasteiger partial charge is 0.457 e. The van der Waals surface area contributed by atoms with Crippen LogP contribution in [0.5, 0.6) is 11.5 Å². The molecule has 3 heterocycles. The van der Waals surface area contributed by atoms with Crippen molar-refractivity contribution in [1.29, 1.82) is 0 Å². The minimum absolute atomic E-state index is 0.314. The smallest absolute Gasteiger partial charge is 0.137 e. The molecule has 0 fully saturated rings. The highest BCUT2D eigenvalue weighted by Crippen LogP contribution is 2.38. The number of hydrogen-bond donors (Lipinski definition) is 0. The SMILES string of the molecule is Cc1ccnc(-n2c3ccccc3c3ccc(Oc4cc(C(C)C)cc(-n5nc(C)c(-c6c(C)cc(C(C)C)cc6C)c5C)c4)cc32)c1. The van der Waals surface area contributed by atoms with Crippen LogP contribution in [0.25, 0.3) is 44.4 Å². The van der Waals surface area contributed by atoms with Gasteiger partial charge in [0.2, 0.25) is 0 Å². The monoisotopic (exact) mass is 632 g/mol. The third kappa shape index (κ3) is 5.47. The van der Waals surface area contributed by atoms with Crippen LogP contribution >= 0.6 is 0 Å². The second-order valence-corrected chi connectivity index (χ2v) is 13.9. The van der Waals surface area contributed by atoms with Gasteiger partial charge in [0.1, 0.15) is 17.3 Å². The summed E-state index contributed by atoms with van der Waals surface area (Å²) >= 11 is 0. The molecule has 7 aromatic rings. The Morgan fingerprint density at radius 3 is 2.02 bits per heavy atom. The summed E-state index contributed by atoms with van der Waals surface area (Å²) in [4.78, 5) is 4.75. The van der Waals surface area contributed by atoms with Gasteiger partial charge < -0.3 is 4.74 Å². The van der Waals surface area contributed by atoms with Gasteiger partial charge in [-0.15, -0.1) is 0 Å². The Bertz CT molecular complexity index is 2310. The number of nitrogens with zero attached hydrogens (tertiary/aromatic N) is 4. The van der Waals surface area contributed by atoms with Gasteiger partial charge in [-0.1, -0.05) is 58.0 Å². The zero-order valence-corrected chi connectivity index (χ0v) is 29.5. The van der Waals surface area contributed by atoms with Gasteiger partial charge in [0.25, 0.3) is 0 Å². The summed E-state index contributed by atoms with van der Waals surface area (Å²) in [5.41, 5.74) is 14.1. The molecule has 0 bridgehead atoms. The zero-order chi connectivity index (χ0) is 33.9. The molecule has 5 nitrogen and oxygen atoms in total. The molecule has 0 aliphatic carbocycles. The molecule has 0 spiro atoms. The first-order chi connectivity index (χ1) is 23.0. The lowest BCUT2D eigenvalue weighted by molar-refractivity contribution is 0.481. The summed E-state index contributed by atoms with van der Waals surface area (Å²) in [7, 11) is 0. The molecule has 0 N–H and O–H groups in total. The van der Waals surface area contributed by atoms with Crippen molar-refractivity contribution in [2.75, 3.05) is 0 Å². The maximum Gasteiger partial charge on any atom is 0.137 e. The number of ether oxygens (including phenoxy) is 1. The van der Waals surface area contributed by atoms with Gasteiger partial charge in [0, 0.05) is 40.4 Å². The lowest BCUT2D eigenvalue weighted by atomic mass is 9.89. The van der Waals surface area contributed by atoms with Crippen molar-refractivity contribution in [1.82, 2.24) is 19.3 Å². The summed E-state index contributed by atoms with van der Waals surface area (Å²) < 4.78 is 11.0. The summed E-state index contributed by atoms with van der Waals surface area (Å²) in [5, 5.41) is 7.47. The third-order valence-corrected chi connectivity index (χ3v) is 9.60. The van der Waals surface area contributed by atoms with Gasteiger partial charge in [-0.05, 0) is 122 Å². The lowest BCUT2D eigenvalue weighted by Crippen LogP contribution is -2.02. The number of pyridine rings is 1. The normalized spacial score (nSPS) is 11.8. The van der Waals surface area contributed by atoms with E-state index in [0.29, 0.717) is 11.8 Å². The Morgan fingerprint density at radius 1 is 0.625 bits per heavy atom. The molecular formula is C43H44N4O. The van der Waals surface area contributed by atoms with Crippen LogP contribution in [0.1, 0.15) is 78.7 Å². The average Bonchev–Trinajstić information content (AvgIpc) is 3.53. The highest BCUT2D eigenvalue weighted by molar-refractivity contribution is 6.09. The number of para-hydroxylation sites is 1. The Balaban J connectivity index is 1.33. The summed E-state index contributed by atoms with van der Waals surface area (Å²) in [6, 6.07) is 30.2. The van der Waals surface area contributed by atoms with E-state index in [2.05, 4.69) is 150 Å². The van der Waals surface area contributed by atoms with E-state index in [4.69, 9.17) is 14.8 Å². The quantitative estimate of drug-likeness (QED) is 0.176. The van der Waals surface area contributed by atoms with Gasteiger partial charge in [0.05, 0.1) is 22.4 Å². The zero-order valence-electron chi connectivity index (χ0n) is 29.5. The second kappa shape index (κ2) is 12.1. The van der Waals surface area contributed by atoms with E-state index in [0.717, 1.165) is 45.4 Å². The molecule has 3 aromatic heterocycles. The van der Waals surface area contributed by atoms with Crippen LogP contribution in [-0.2, 0) is 0 Å². The van der Waals surface area contributed by atoms with Crippen molar-refractivity contribution in [2.45, 2.75) is 74.1 Å². The highest BCUT2D eigenvalue weighted by atomic mass is 16.5. The first kappa shape index (κ1) is 31.4. The van der Waals surface area contributed by atoms with Gasteiger partial charge in [-0.2, -0.15) is 5.10 Å². The maximum atomic E-state index is 6.71. The average molecular weight is 633 g/mol. The Morgan fingerprint density at radius 2 is 1.31 bits per heavy atom. The van der Waals surface area contributed by atoms with E-state index >= 15 is 0 Å². The number of aromatic nitrogens is 4. The van der Waals surface area contributed by atoms with E-state index in [1.807, 2.05) is 12.3 Å². The first-order valence-electron chi connectivity index (χ1n) is 17.0. The van der Waals surface area contributed by atoms with Crippen LogP contribution < -0.4 is 4.74 Å². The number of aryl methyl sites for hydroxylation is 4. The van der Waals surface area contributed by atoms with E-state index in [1.54, 1.807) is 0 Å². The minimum atomic E-state index is 0.314. The Hall–Kier alpha value is -5.16. The predicted molar refractivity (Wildman–Crippen MR) is 200 cm³/mol. The fourth-order valence-corrected chi connectivity index (χ4v) is 7.14. The standard InChI is InChI=1S/C43H44N4O/c1-25(2)32-19-28(6)42(29(7)20-32)43-30(8)45-47(31(43)9)34-21-33(26(3)4)22-36(23-34)48-35-14-15-38-37-12-10-11-13-39(37)46(40(38)24-35)41-18-27(5)16-17-44-41/h10-26H,1-9H3. The van der Waals surface area contributed by atoms with Crippen molar-refractivity contribution in [3.63, 3.8) is 0 Å². The highest BCUT2D eigenvalue weighted by Gasteiger charge is 2.21. The summed E-state index contributed by atoms with van der Waals surface area (Å²) in [6.45, 7) is 19.8. The van der Waals surface area contributed by atoms with Crippen LogP contribution in [0, 0.1) is 34.6 Å². The van der Waals surface area contributed by atoms with Crippen LogP contribution in [0.2, 0.25) is 0 Å². The van der Waals surface area contributed by atoms with Crippen molar-refractivity contribution in [3.8, 4) is 34.1 Å². The van der Waals surface area contributed by atoms with Crippen molar-refractivity contribution < 1.29 is 4.74 Å². The van der Waals surface area contributed by atoms with Crippen LogP contribution in [0.3, 0.4) is 0 Å². The second-order valence-electron chi connectivity index (χ2n) is 13.9. The number of rotatable bonds is 7. The van der Waals surface area contributed by atoms with E-state index in [1.165, 1.54) is 49.7 Å². The molecule has 0 radical (unpaired) electrons. The Kier molecular flexibility index (Phi) is 7.95. The molecule has 7 rings (SSSR count). The molecule has 0 amide bonds. The van der Waals surface area contributed by atoms with Crippen LogP contribution in [0.15, 0.2) is 91.1 Å². The van der Waals surface area contributed by atoms with E-state index < -0.39 is 0 Å². The van der Waals surface area contributed by atoms with E-state index in [9.17, 15) is 0 Å². The maximum absolute atomic E-state index is 6.71. The molecule has 4 aromatic carbocycles. The molecule has 0 unspecified atom stereocenters. The fourth-order valence-electron chi connectivity index (χ4n) is 7.14. The molecule has 0 aliphatic rings. The minimum Gasteiger partial charge on any atom is -0.457 e. The third-order valence-electron chi connectivity index (χ3n) is 9.60. The van der Waals surface area contributed by atoms with Crippen LogP contribution in [0.4, 0.5) is 0 Å². The molecule has 0 saturated heterocycles. The number of hydrogen-bond acceptors (Lipinski definition) is 3. The van der Waals surface area contributed by atoms with Crippen molar-refractivity contribution >= 4 is 21.8 Å². The van der Waals surface area contributed by atoms with Gasteiger partial charge in [-0.25, -0.2) is 9.67 Å². The number of fused-ring (bicyclic) bond motifs is 3. The molecule has 48 heavy (non-hydrogen) atoms. The van der Waals surface area contributed by atoms with Crippen molar-refractivity contribution in [2.24, 2.45) is 0 Å². The van der Waals surface area contributed by atoms with Crippen molar-refractivity contribution in [3.05, 3.63) is 130 Å². The molecule has 5 heteroatoms. The predicted octanol–water partition coefficient (Wildman–Crippen LogP) is 11.6. The van der Waals surface area contributed by atoms with Gasteiger partial charge in [0.15, 0.2) is 0 Å². The lowest BCUT2D eigenvalue weighted by Gasteiger charge is -2.16. The van der Waals surface area contributed by atoms with E-state index in [-0.39, 0.29) is 0 Å². The first-order valence-corrected chi connectivity index (χ1v) is 17.0. The molecule has 0 aliphatic heterocycles. The molecule has 0 saturated carbocycles. The van der Waals surface area contributed by atoms with Gasteiger partial charge in [-0.3, -0.25) is 4.57 Å². The molecule has 0 atom stereocenters. The fraction of sp³-hybridized carbons (Fsp3) is 0.256. The van der Waals surface area contributed by atoms with Crippen LogP contribution in [-0.4, -0.2) is 19.3 Å².